The molecule has 7 nitrogen and oxygen atoms in total. The van der Waals surface area contributed by atoms with Crippen LogP contribution in [0.4, 0.5) is 28.9 Å². The number of nitro groups is 1. The molecule has 2 fully saturated rings. The molecule has 230 valence electrons. The van der Waals surface area contributed by atoms with Gasteiger partial charge in [-0.05, 0) is 106 Å². The first-order chi connectivity index (χ1) is 20.6. The molecule has 5 rings (SSSR count). The van der Waals surface area contributed by atoms with Crippen molar-refractivity contribution in [3.63, 3.8) is 0 Å². The molecule has 0 amide bonds. The maximum atomic E-state index is 13.3. The topological polar surface area (TPSA) is 80.5 Å². The van der Waals surface area contributed by atoms with E-state index in [2.05, 4.69) is 15.2 Å². The number of aromatic nitrogens is 1. The van der Waals surface area contributed by atoms with Crippen molar-refractivity contribution in [3.8, 4) is 5.75 Å². The second-order valence-electron chi connectivity index (χ2n) is 11.6. The van der Waals surface area contributed by atoms with Crippen LogP contribution < -0.4 is 10.1 Å². The van der Waals surface area contributed by atoms with Gasteiger partial charge in [-0.2, -0.15) is 13.2 Å². The molecule has 1 saturated heterocycles. The van der Waals surface area contributed by atoms with E-state index in [0.717, 1.165) is 87.3 Å². The number of anilines is 1. The van der Waals surface area contributed by atoms with Gasteiger partial charge in [-0.15, -0.1) is 0 Å². The summed E-state index contributed by atoms with van der Waals surface area (Å²) in [7, 11) is 0. The van der Waals surface area contributed by atoms with E-state index in [1.165, 1.54) is 18.2 Å². The minimum absolute atomic E-state index is 0.00123. The van der Waals surface area contributed by atoms with Crippen LogP contribution in [0.1, 0.15) is 61.8 Å². The van der Waals surface area contributed by atoms with Crippen molar-refractivity contribution in [1.82, 2.24) is 9.88 Å². The molecule has 2 heterocycles. The van der Waals surface area contributed by atoms with Crippen molar-refractivity contribution in [2.24, 2.45) is 5.92 Å². The summed E-state index contributed by atoms with van der Waals surface area (Å²) in [6, 6.07) is 13.6. The molecule has 0 atom stereocenters. The van der Waals surface area contributed by atoms with Crippen LogP contribution in [0.2, 0.25) is 0 Å². The molecule has 1 N–H and O–H groups in total. The highest BCUT2D eigenvalue weighted by Gasteiger charge is 2.38. The molecule has 2 aliphatic rings. The van der Waals surface area contributed by atoms with Crippen LogP contribution in [0.15, 0.2) is 60.8 Å². The zero-order chi connectivity index (χ0) is 30.4. The fraction of sp³-hybridized carbons (Fsp3) is 0.469. The summed E-state index contributed by atoms with van der Waals surface area (Å²) in [5.41, 5.74) is 0.158. The van der Waals surface area contributed by atoms with Crippen molar-refractivity contribution < 1.29 is 27.2 Å². The van der Waals surface area contributed by atoms with Gasteiger partial charge in [0.25, 0.3) is 5.69 Å². The molecule has 1 saturated carbocycles. The van der Waals surface area contributed by atoms with Crippen molar-refractivity contribution in [1.29, 1.82) is 0 Å². The van der Waals surface area contributed by atoms with Crippen LogP contribution in [0, 0.1) is 21.8 Å². The average molecular weight is 601 g/mol. The fourth-order valence-corrected chi connectivity index (χ4v) is 6.06. The SMILES string of the molecule is O=[N+]([O-])c1ccc(NC2CCC(Oc3ccnc(CCC4CCN(Cc5ccc(F)cc5)CC4)c3)CC2)cc1C(F)(F)F. The molecule has 0 bridgehead atoms. The Morgan fingerprint density at radius 2 is 1.70 bits per heavy atom. The zero-order valence-corrected chi connectivity index (χ0v) is 23.9. The smallest absolute Gasteiger partial charge is 0.423 e. The second kappa shape index (κ2) is 13.7. The highest BCUT2D eigenvalue weighted by molar-refractivity contribution is 5.55. The molecule has 11 heteroatoms. The third-order valence-corrected chi connectivity index (χ3v) is 8.47. The number of alkyl halides is 3. The van der Waals surface area contributed by atoms with Crippen molar-refractivity contribution in [3.05, 3.63) is 93.5 Å². The van der Waals surface area contributed by atoms with Gasteiger partial charge >= 0.3 is 6.18 Å². The number of nitrogens with one attached hydrogen (secondary N) is 1. The molecule has 1 aliphatic heterocycles. The van der Waals surface area contributed by atoms with Crippen LogP contribution in [-0.4, -0.2) is 40.0 Å². The summed E-state index contributed by atoms with van der Waals surface area (Å²) < 4.78 is 59.4. The van der Waals surface area contributed by atoms with Gasteiger partial charge in [-0.1, -0.05) is 12.1 Å². The zero-order valence-electron chi connectivity index (χ0n) is 23.9. The molecule has 43 heavy (non-hydrogen) atoms. The highest BCUT2D eigenvalue weighted by Crippen LogP contribution is 2.38. The number of benzene rings is 2. The number of pyridine rings is 1. The van der Waals surface area contributed by atoms with Gasteiger partial charge in [0.15, 0.2) is 0 Å². The van der Waals surface area contributed by atoms with Gasteiger partial charge in [0, 0.05) is 42.3 Å². The second-order valence-corrected chi connectivity index (χ2v) is 11.6. The van der Waals surface area contributed by atoms with Crippen LogP contribution in [0.5, 0.6) is 5.75 Å². The molecular formula is C32H36F4N4O3. The average Bonchev–Trinajstić information content (AvgIpc) is 2.99. The number of hydrogen-bond acceptors (Lipinski definition) is 6. The third-order valence-electron chi connectivity index (χ3n) is 8.47. The van der Waals surface area contributed by atoms with Gasteiger partial charge in [-0.3, -0.25) is 20.0 Å². The number of piperidine rings is 1. The normalized spacial score (nSPS) is 20.1. The minimum atomic E-state index is -4.81. The Bertz CT molecular complexity index is 1370. The van der Waals surface area contributed by atoms with Gasteiger partial charge < -0.3 is 10.1 Å². The van der Waals surface area contributed by atoms with Gasteiger partial charge in [-0.25, -0.2) is 4.39 Å². The van der Waals surface area contributed by atoms with Crippen molar-refractivity contribution in [2.45, 2.75) is 76.2 Å². The Morgan fingerprint density at radius 1 is 0.977 bits per heavy atom. The van der Waals surface area contributed by atoms with Gasteiger partial charge in [0.1, 0.15) is 17.1 Å². The highest BCUT2D eigenvalue weighted by atomic mass is 19.4. The van der Waals surface area contributed by atoms with E-state index in [9.17, 15) is 27.7 Å². The summed E-state index contributed by atoms with van der Waals surface area (Å²) in [4.78, 5) is 17.0. The van der Waals surface area contributed by atoms with E-state index in [-0.39, 0.29) is 23.7 Å². The number of halogens is 4. The number of likely N-dealkylation sites (tertiary alicyclic amines) is 1. The number of ether oxygens (including phenoxy) is 1. The molecule has 1 aliphatic carbocycles. The molecule has 3 aromatic rings. The number of nitro benzene ring substituents is 1. The number of hydrogen-bond donors (Lipinski definition) is 1. The Balaban J connectivity index is 1.05. The van der Waals surface area contributed by atoms with Crippen LogP contribution in [0.25, 0.3) is 0 Å². The maximum Gasteiger partial charge on any atom is 0.423 e. The van der Waals surface area contributed by atoms with E-state index >= 15 is 0 Å². The first kappa shape index (κ1) is 30.7. The Labute approximate surface area is 248 Å². The van der Waals surface area contributed by atoms with E-state index < -0.39 is 22.4 Å². The predicted molar refractivity (Wildman–Crippen MR) is 155 cm³/mol. The lowest BCUT2D eigenvalue weighted by Crippen LogP contribution is -2.33. The Kier molecular flexibility index (Phi) is 9.79. The van der Waals surface area contributed by atoms with Crippen molar-refractivity contribution >= 4 is 11.4 Å². The molecule has 1 aromatic heterocycles. The third kappa shape index (κ3) is 8.65. The standard InChI is InChI=1S/C32H36F4N4O3/c33-24-4-1-23(2-5-24)21-39-17-14-22(15-18-39)3-6-26-19-29(13-16-37-26)43-28-10-7-25(8-11-28)38-27-9-12-31(40(41)42)30(20-27)32(34,35)36/h1-2,4-5,9,12-13,16,19-20,22,25,28,38H,3,6-8,10-11,14-15,17-18,21H2. The van der Waals surface area contributed by atoms with E-state index in [4.69, 9.17) is 4.74 Å². The maximum absolute atomic E-state index is 13.3. The molecular weight excluding hydrogens is 564 g/mol. The molecule has 0 radical (unpaired) electrons. The summed E-state index contributed by atoms with van der Waals surface area (Å²) >= 11 is 0. The van der Waals surface area contributed by atoms with E-state index in [1.807, 2.05) is 24.3 Å². The summed E-state index contributed by atoms with van der Waals surface area (Å²) in [6.45, 7) is 2.91. The molecule has 0 spiro atoms. The summed E-state index contributed by atoms with van der Waals surface area (Å²) in [5.74, 6) is 1.21. The predicted octanol–water partition coefficient (Wildman–Crippen LogP) is 7.79. The number of nitrogens with zero attached hydrogens (tertiary/aromatic N) is 3. The van der Waals surface area contributed by atoms with Crippen LogP contribution >= 0.6 is 0 Å². The van der Waals surface area contributed by atoms with Gasteiger partial charge in [0.05, 0.1) is 11.0 Å². The lowest BCUT2D eigenvalue weighted by Gasteiger charge is -2.32. The largest absolute Gasteiger partial charge is 0.490 e. The monoisotopic (exact) mass is 600 g/mol. The Morgan fingerprint density at radius 3 is 2.37 bits per heavy atom. The number of aryl methyl sites for hydroxylation is 1. The lowest BCUT2D eigenvalue weighted by molar-refractivity contribution is -0.388. The van der Waals surface area contributed by atoms with E-state index in [1.54, 1.807) is 6.20 Å². The van der Waals surface area contributed by atoms with Crippen molar-refractivity contribution in [2.75, 3.05) is 18.4 Å². The molecule has 2 aromatic carbocycles. The first-order valence-corrected chi connectivity index (χ1v) is 14.8. The summed E-state index contributed by atoms with van der Waals surface area (Å²) in [6.07, 6.45) is 4.08. The van der Waals surface area contributed by atoms with E-state index in [0.29, 0.717) is 18.8 Å². The molecule has 0 unspecified atom stereocenters. The fourth-order valence-electron chi connectivity index (χ4n) is 6.06. The van der Waals surface area contributed by atoms with Gasteiger partial charge in [0.2, 0.25) is 0 Å². The first-order valence-electron chi connectivity index (χ1n) is 14.8. The quantitative estimate of drug-likeness (QED) is 0.145. The number of rotatable bonds is 10. The van der Waals surface area contributed by atoms with Crippen LogP contribution in [-0.2, 0) is 19.1 Å². The Hall–Kier alpha value is -3.73. The van der Waals surface area contributed by atoms with Crippen LogP contribution in [0.3, 0.4) is 0 Å². The summed E-state index contributed by atoms with van der Waals surface area (Å²) in [5, 5.41) is 14.1. The lowest BCUT2D eigenvalue weighted by atomic mass is 9.91. The minimum Gasteiger partial charge on any atom is -0.490 e.